The molecular formula is C20H25FN2O3. The number of anilines is 1. The van der Waals surface area contributed by atoms with Crippen LogP contribution >= 0.6 is 0 Å². The molecule has 2 rings (SSSR count). The minimum Gasteiger partial charge on any atom is -0.497 e. The maximum absolute atomic E-state index is 13.1. The van der Waals surface area contributed by atoms with E-state index in [0.717, 1.165) is 5.56 Å². The Morgan fingerprint density at radius 2 is 1.77 bits per heavy atom. The predicted octanol–water partition coefficient (Wildman–Crippen LogP) is 3.77. The second-order valence-corrected chi connectivity index (χ2v) is 6.27. The van der Waals surface area contributed by atoms with Crippen LogP contribution in [-0.4, -0.2) is 26.7 Å². The zero-order valence-electron chi connectivity index (χ0n) is 15.5. The predicted molar refractivity (Wildman–Crippen MR) is 100 cm³/mol. The maximum atomic E-state index is 13.1. The molecule has 0 aromatic heterocycles. The van der Waals surface area contributed by atoms with Gasteiger partial charge in [0, 0.05) is 12.1 Å². The standard InChI is InChI=1S/C20H25FN2O3/c1-13(2)20(14-5-7-15(21)8-6-14)22-12-19(24)23-17-11-16(25-3)9-10-18(17)26-4/h5-11,13,20,22H,12H2,1-4H3,(H,23,24)/t20-/m1/s1. The summed E-state index contributed by atoms with van der Waals surface area (Å²) in [6.07, 6.45) is 0. The first-order chi connectivity index (χ1) is 12.4. The lowest BCUT2D eigenvalue weighted by Gasteiger charge is -2.23. The van der Waals surface area contributed by atoms with Gasteiger partial charge in [-0.3, -0.25) is 4.79 Å². The van der Waals surface area contributed by atoms with Crippen molar-refractivity contribution in [2.24, 2.45) is 5.92 Å². The second kappa shape index (κ2) is 9.20. The van der Waals surface area contributed by atoms with Crippen molar-refractivity contribution in [3.63, 3.8) is 0 Å². The van der Waals surface area contributed by atoms with Crippen LogP contribution < -0.4 is 20.1 Å². The van der Waals surface area contributed by atoms with E-state index in [2.05, 4.69) is 10.6 Å². The number of carbonyl (C=O) groups excluding carboxylic acids is 1. The van der Waals surface area contributed by atoms with Gasteiger partial charge in [0.15, 0.2) is 0 Å². The number of benzene rings is 2. The molecule has 5 nitrogen and oxygen atoms in total. The van der Waals surface area contributed by atoms with Crippen LogP contribution in [0.1, 0.15) is 25.5 Å². The Kier molecular flexibility index (Phi) is 6.97. The second-order valence-electron chi connectivity index (χ2n) is 6.27. The van der Waals surface area contributed by atoms with Crippen molar-refractivity contribution < 1.29 is 18.7 Å². The molecule has 0 heterocycles. The minimum atomic E-state index is -0.279. The van der Waals surface area contributed by atoms with Crippen molar-refractivity contribution in [1.29, 1.82) is 0 Å². The van der Waals surface area contributed by atoms with Crippen LogP contribution in [0.3, 0.4) is 0 Å². The monoisotopic (exact) mass is 360 g/mol. The first-order valence-electron chi connectivity index (χ1n) is 8.45. The Morgan fingerprint density at radius 1 is 1.08 bits per heavy atom. The van der Waals surface area contributed by atoms with Crippen LogP contribution in [0.15, 0.2) is 42.5 Å². The number of hydrogen-bond acceptors (Lipinski definition) is 4. The van der Waals surface area contributed by atoms with Gasteiger partial charge in [0.25, 0.3) is 0 Å². The van der Waals surface area contributed by atoms with E-state index in [9.17, 15) is 9.18 Å². The van der Waals surface area contributed by atoms with Gasteiger partial charge >= 0.3 is 0 Å². The Labute approximate surface area is 153 Å². The van der Waals surface area contributed by atoms with Crippen LogP contribution in [0.5, 0.6) is 11.5 Å². The van der Waals surface area contributed by atoms with Crippen molar-refractivity contribution in [3.05, 3.63) is 53.8 Å². The molecule has 2 N–H and O–H groups in total. The molecule has 1 amide bonds. The third-order valence-corrected chi connectivity index (χ3v) is 4.06. The van der Waals surface area contributed by atoms with Gasteiger partial charge in [-0.2, -0.15) is 0 Å². The third-order valence-electron chi connectivity index (χ3n) is 4.06. The van der Waals surface area contributed by atoms with Gasteiger partial charge in [0.1, 0.15) is 17.3 Å². The van der Waals surface area contributed by atoms with Gasteiger partial charge in [-0.1, -0.05) is 26.0 Å². The van der Waals surface area contributed by atoms with Crippen LogP contribution in [0, 0.1) is 11.7 Å². The summed E-state index contributed by atoms with van der Waals surface area (Å²) in [5.74, 6) is 0.932. The quantitative estimate of drug-likeness (QED) is 0.752. The van der Waals surface area contributed by atoms with Gasteiger partial charge in [-0.05, 0) is 35.7 Å². The van der Waals surface area contributed by atoms with Crippen LogP contribution in [0.25, 0.3) is 0 Å². The van der Waals surface area contributed by atoms with E-state index in [1.165, 1.54) is 12.1 Å². The molecule has 0 bridgehead atoms. The highest BCUT2D eigenvalue weighted by Gasteiger charge is 2.17. The molecule has 2 aromatic rings. The Morgan fingerprint density at radius 3 is 2.35 bits per heavy atom. The number of methoxy groups -OCH3 is 2. The lowest BCUT2D eigenvalue weighted by atomic mass is 9.96. The van der Waals surface area contributed by atoms with Gasteiger partial charge in [-0.25, -0.2) is 4.39 Å². The average Bonchev–Trinajstić information content (AvgIpc) is 2.63. The van der Waals surface area contributed by atoms with Crippen molar-refractivity contribution in [3.8, 4) is 11.5 Å². The van der Waals surface area contributed by atoms with Gasteiger partial charge in [0.2, 0.25) is 5.91 Å². The molecule has 0 aliphatic carbocycles. The van der Waals surface area contributed by atoms with E-state index in [-0.39, 0.29) is 30.2 Å². The Balaban J connectivity index is 2.03. The number of ether oxygens (including phenoxy) is 2. The summed E-state index contributed by atoms with van der Waals surface area (Å²) in [5, 5.41) is 6.06. The summed E-state index contributed by atoms with van der Waals surface area (Å²) < 4.78 is 23.6. The van der Waals surface area contributed by atoms with Crippen LogP contribution in [0.4, 0.5) is 10.1 Å². The van der Waals surface area contributed by atoms with E-state index < -0.39 is 0 Å². The molecule has 0 aliphatic heterocycles. The van der Waals surface area contributed by atoms with Gasteiger partial charge in [-0.15, -0.1) is 0 Å². The first kappa shape index (κ1) is 19.7. The molecule has 0 radical (unpaired) electrons. The summed E-state index contributed by atoms with van der Waals surface area (Å²) in [6.45, 7) is 4.20. The lowest BCUT2D eigenvalue weighted by Crippen LogP contribution is -2.33. The largest absolute Gasteiger partial charge is 0.497 e. The maximum Gasteiger partial charge on any atom is 0.238 e. The molecule has 0 saturated heterocycles. The average molecular weight is 360 g/mol. The highest BCUT2D eigenvalue weighted by atomic mass is 19.1. The zero-order valence-corrected chi connectivity index (χ0v) is 15.5. The Bertz CT molecular complexity index is 732. The highest BCUT2D eigenvalue weighted by molar-refractivity contribution is 5.94. The van der Waals surface area contributed by atoms with Crippen LogP contribution in [0.2, 0.25) is 0 Å². The normalized spacial score (nSPS) is 11.9. The molecule has 0 spiro atoms. The summed E-state index contributed by atoms with van der Waals surface area (Å²) in [7, 11) is 3.10. The summed E-state index contributed by atoms with van der Waals surface area (Å²) in [6, 6.07) is 11.4. The lowest BCUT2D eigenvalue weighted by molar-refractivity contribution is -0.115. The van der Waals surface area contributed by atoms with Gasteiger partial charge < -0.3 is 20.1 Å². The molecule has 140 valence electrons. The van der Waals surface area contributed by atoms with Crippen LogP contribution in [-0.2, 0) is 4.79 Å². The molecule has 1 atom stereocenters. The number of carbonyl (C=O) groups is 1. The molecule has 0 saturated carbocycles. The fraction of sp³-hybridized carbons (Fsp3) is 0.350. The zero-order chi connectivity index (χ0) is 19.1. The fourth-order valence-corrected chi connectivity index (χ4v) is 2.72. The van der Waals surface area contributed by atoms with Gasteiger partial charge in [0.05, 0.1) is 26.5 Å². The molecular weight excluding hydrogens is 335 g/mol. The number of amides is 1. The van der Waals surface area contributed by atoms with E-state index in [1.807, 2.05) is 13.8 Å². The highest BCUT2D eigenvalue weighted by Crippen LogP contribution is 2.29. The van der Waals surface area contributed by atoms with Crippen molar-refractivity contribution in [2.75, 3.05) is 26.1 Å². The number of hydrogen-bond donors (Lipinski definition) is 2. The summed E-state index contributed by atoms with van der Waals surface area (Å²) >= 11 is 0. The molecule has 0 unspecified atom stereocenters. The smallest absolute Gasteiger partial charge is 0.238 e. The topological polar surface area (TPSA) is 59.6 Å². The van der Waals surface area contributed by atoms with E-state index >= 15 is 0 Å². The number of rotatable bonds is 8. The SMILES string of the molecule is COc1ccc(OC)c(NC(=O)CN[C@@H](c2ccc(F)cc2)C(C)C)c1. The third kappa shape index (κ3) is 5.20. The molecule has 0 fully saturated rings. The molecule has 6 heteroatoms. The Hall–Kier alpha value is -2.60. The number of halogens is 1. The molecule has 26 heavy (non-hydrogen) atoms. The fourth-order valence-electron chi connectivity index (χ4n) is 2.72. The van der Waals surface area contributed by atoms with Crippen molar-refractivity contribution in [1.82, 2.24) is 5.32 Å². The van der Waals surface area contributed by atoms with E-state index in [0.29, 0.717) is 17.2 Å². The van der Waals surface area contributed by atoms with Crippen molar-refractivity contribution in [2.45, 2.75) is 19.9 Å². The number of nitrogens with one attached hydrogen (secondary N) is 2. The minimum absolute atomic E-state index is 0.0615. The summed E-state index contributed by atoms with van der Waals surface area (Å²) in [5.41, 5.74) is 1.48. The first-order valence-corrected chi connectivity index (χ1v) is 8.45. The van der Waals surface area contributed by atoms with E-state index in [1.54, 1.807) is 44.6 Å². The van der Waals surface area contributed by atoms with Crippen molar-refractivity contribution >= 4 is 11.6 Å². The van der Waals surface area contributed by atoms with E-state index in [4.69, 9.17) is 9.47 Å². The molecule has 2 aromatic carbocycles. The summed E-state index contributed by atoms with van der Waals surface area (Å²) in [4.78, 5) is 12.4. The molecule has 0 aliphatic rings.